The number of piperidine rings is 1. The molecule has 2 aromatic carbocycles. The van der Waals surface area contributed by atoms with Crippen molar-refractivity contribution in [2.75, 3.05) is 25.5 Å². The average Bonchev–Trinajstić information content (AvgIpc) is 3.61. The third-order valence-corrected chi connectivity index (χ3v) is 9.39. The highest BCUT2D eigenvalue weighted by molar-refractivity contribution is 6.05. The van der Waals surface area contributed by atoms with Crippen LogP contribution in [-0.4, -0.2) is 64.1 Å². The minimum Gasteiger partial charge on any atom is -0.508 e. The van der Waals surface area contributed by atoms with Crippen LogP contribution in [0, 0.1) is 12.8 Å². The Morgan fingerprint density at radius 2 is 2.05 bits per heavy atom. The molecule has 1 unspecified atom stereocenters. The first-order valence-corrected chi connectivity index (χ1v) is 13.1. The summed E-state index contributed by atoms with van der Waals surface area (Å²) in [5.41, 5.74) is 1.13. The number of carbonyl (C=O) groups is 1. The lowest BCUT2D eigenvalue weighted by molar-refractivity contribution is -0.172. The van der Waals surface area contributed by atoms with Gasteiger partial charge in [-0.2, -0.15) is 0 Å². The predicted molar refractivity (Wildman–Crippen MR) is 136 cm³/mol. The van der Waals surface area contributed by atoms with Gasteiger partial charge in [0.25, 0.3) is 5.91 Å². The van der Waals surface area contributed by atoms with Crippen LogP contribution in [0.1, 0.15) is 42.4 Å². The molecule has 1 amide bonds. The Kier molecular flexibility index (Phi) is 4.74. The second-order valence-electron chi connectivity index (χ2n) is 11.4. The SMILES string of the molecule is COc1ccc(C)cc1NC(=O)C1=C(O)C2Oc3c(O)ccc4c3[C@@]23CCN(CC2CC2)[C@H](C4)[C@]3(O)C1. The number of amides is 1. The summed E-state index contributed by atoms with van der Waals surface area (Å²) in [6, 6.07) is 8.81. The van der Waals surface area contributed by atoms with Crippen LogP contribution in [0.5, 0.6) is 17.2 Å². The number of aryl methyl sites for hydroxylation is 1. The van der Waals surface area contributed by atoms with Crippen molar-refractivity contribution in [3.05, 3.63) is 58.4 Å². The number of aromatic hydroxyl groups is 1. The van der Waals surface area contributed by atoms with E-state index in [1.807, 2.05) is 25.1 Å². The highest BCUT2D eigenvalue weighted by Gasteiger charge is 2.73. The van der Waals surface area contributed by atoms with Gasteiger partial charge >= 0.3 is 0 Å². The topological polar surface area (TPSA) is 111 Å². The highest BCUT2D eigenvalue weighted by Crippen LogP contribution is 2.66. The molecule has 1 saturated carbocycles. The predicted octanol–water partition coefficient (Wildman–Crippen LogP) is 3.33. The number of hydrogen-bond donors (Lipinski definition) is 4. The molecule has 2 fully saturated rings. The Bertz CT molecular complexity index is 1370. The van der Waals surface area contributed by atoms with Crippen molar-refractivity contribution in [3.8, 4) is 17.2 Å². The van der Waals surface area contributed by atoms with Crippen molar-refractivity contribution < 1.29 is 29.6 Å². The van der Waals surface area contributed by atoms with E-state index in [0.717, 1.165) is 29.8 Å². The van der Waals surface area contributed by atoms with Crippen molar-refractivity contribution in [3.63, 3.8) is 0 Å². The van der Waals surface area contributed by atoms with Crippen molar-refractivity contribution in [1.29, 1.82) is 0 Å². The van der Waals surface area contributed by atoms with E-state index < -0.39 is 23.0 Å². The summed E-state index contributed by atoms with van der Waals surface area (Å²) in [7, 11) is 1.54. The van der Waals surface area contributed by atoms with Gasteiger partial charge in [0, 0.05) is 24.6 Å². The highest BCUT2D eigenvalue weighted by atomic mass is 16.5. The average molecular weight is 505 g/mol. The van der Waals surface area contributed by atoms with Crippen LogP contribution in [0.3, 0.4) is 0 Å². The molecule has 3 aliphatic carbocycles. The maximum Gasteiger partial charge on any atom is 0.255 e. The normalized spacial score (nSPS) is 31.5. The van der Waals surface area contributed by atoms with Crippen LogP contribution in [0.4, 0.5) is 5.69 Å². The van der Waals surface area contributed by atoms with Gasteiger partial charge in [-0.15, -0.1) is 0 Å². The first-order chi connectivity index (χ1) is 17.8. The van der Waals surface area contributed by atoms with E-state index in [2.05, 4.69) is 10.2 Å². The number of anilines is 1. The molecule has 2 heterocycles. The van der Waals surface area contributed by atoms with E-state index >= 15 is 0 Å². The minimum atomic E-state index is -1.34. The monoisotopic (exact) mass is 504 g/mol. The number of phenols is 1. The Morgan fingerprint density at radius 1 is 1.24 bits per heavy atom. The van der Waals surface area contributed by atoms with Gasteiger partial charge in [0.2, 0.25) is 0 Å². The molecule has 1 saturated heterocycles. The van der Waals surface area contributed by atoms with Gasteiger partial charge in [0.15, 0.2) is 17.6 Å². The van der Waals surface area contributed by atoms with Gasteiger partial charge in [-0.05, 0) is 74.4 Å². The summed E-state index contributed by atoms with van der Waals surface area (Å²) in [4.78, 5) is 16.1. The third kappa shape index (κ3) is 3.00. The van der Waals surface area contributed by atoms with Crippen molar-refractivity contribution in [2.24, 2.45) is 5.92 Å². The maximum absolute atomic E-state index is 13.7. The molecule has 2 bridgehead atoms. The Balaban J connectivity index is 1.35. The minimum absolute atomic E-state index is 0.000965. The number of nitrogens with zero attached hydrogens (tertiary/aromatic N) is 1. The molecule has 2 aromatic rings. The van der Waals surface area contributed by atoms with E-state index in [9.17, 15) is 20.1 Å². The number of phenolic OH excluding ortho intramolecular Hbond substituents is 1. The molecule has 194 valence electrons. The molecule has 4 atom stereocenters. The molecule has 37 heavy (non-hydrogen) atoms. The molecule has 7 rings (SSSR count). The van der Waals surface area contributed by atoms with Crippen LogP contribution in [0.15, 0.2) is 41.7 Å². The van der Waals surface area contributed by atoms with E-state index in [0.29, 0.717) is 35.9 Å². The van der Waals surface area contributed by atoms with Crippen molar-refractivity contribution in [1.82, 2.24) is 4.90 Å². The van der Waals surface area contributed by atoms with E-state index in [1.54, 1.807) is 12.1 Å². The zero-order chi connectivity index (χ0) is 25.7. The number of carbonyl (C=O) groups excluding carboxylic acids is 1. The van der Waals surface area contributed by atoms with Crippen LogP contribution >= 0.6 is 0 Å². The Labute approximate surface area is 215 Å². The zero-order valence-electron chi connectivity index (χ0n) is 21.1. The van der Waals surface area contributed by atoms with Crippen LogP contribution in [-0.2, 0) is 16.6 Å². The number of rotatable bonds is 5. The van der Waals surface area contributed by atoms with Gasteiger partial charge in [0.1, 0.15) is 11.5 Å². The van der Waals surface area contributed by atoms with E-state index in [-0.39, 0.29) is 29.5 Å². The van der Waals surface area contributed by atoms with E-state index in [4.69, 9.17) is 9.47 Å². The molecule has 1 spiro atoms. The van der Waals surface area contributed by atoms with E-state index in [1.165, 1.54) is 20.0 Å². The number of likely N-dealkylation sites (tertiary alicyclic amines) is 1. The summed E-state index contributed by atoms with van der Waals surface area (Å²) in [5.74, 6) is 0.803. The largest absolute Gasteiger partial charge is 0.508 e. The lowest BCUT2D eigenvalue weighted by Gasteiger charge is -2.62. The smallest absolute Gasteiger partial charge is 0.255 e. The van der Waals surface area contributed by atoms with Gasteiger partial charge in [-0.3, -0.25) is 9.69 Å². The summed E-state index contributed by atoms with van der Waals surface area (Å²) in [5, 5.41) is 37.9. The first kappa shape index (κ1) is 22.9. The van der Waals surface area contributed by atoms with Gasteiger partial charge < -0.3 is 30.1 Å². The molecule has 2 aliphatic heterocycles. The van der Waals surface area contributed by atoms with Gasteiger partial charge in [-0.25, -0.2) is 0 Å². The van der Waals surface area contributed by atoms with Crippen LogP contribution in [0.2, 0.25) is 0 Å². The zero-order valence-corrected chi connectivity index (χ0v) is 21.1. The number of benzene rings is 2. The summed E-state index contributed by atoms with van der Waals surface area (Å²) >= 11 is 0. The fourth-order valence-electron chi connectivity index (χ4n) is 7.49. The quantitative estimate of drug-likeness (QED) is 0.494. The van der Waals surface area contributed by atoms with Crippen LogP contribution in [0.25, 0.3) is 0 Å². The summed E-state index contributed by atoms with van der Waals surface area (Å²) in [6.45, 7) is 3.62. The number of hydrogen-bond acceptors (Lipinski definition) is 7. The molecular formula is C29H32N2O6. The second kappa shape index (κ2) is 7.65. The molecular weight excluding hydrogens is 472 g/mol. The molecule has 5 aliphatic rings. The molecule has 4 N–H and O–H groups in total. The number of aliphatic hydroxyl groups excluding tert-OH is 1. The maximum atomic E-state index is 13.7. The van der Waals surface area contributed by atoms with Gasteiger partial charge in [-0.1, -0.05) is 12.1 Å². The number of methoxy groups -OCH3 is 1. The second-order valence-corrected chi connectivity index (χ2v) is 11.4. The first-order valence-electron chi connectivity index (χ1n) is 13.1. The van der Waals surface area contributed by atoms with Crippen LogP contribution < -0.4 is 14.8 Å². The lowest BCUT2D eigenvalue weighted by Crippen LogP contribution is -2.75. The fourth-order valence-corrected chi connectivity index (χ4v) is 7.49. The van der Waals surface area contributed by atoms with Gasteiger partial charge in [0.05, 0.1) is 29.4 Å². The number of ether oxygens (including phenoxy) is 2. The lowest BCUT2D eigenvalue weighted by atomic mass is 9.49. The molecule has 8 heteroatoms. The number of nitrogens with one attached hydrogen (secondary N) is 1. The Morgan fingerprint density at radius 3 is 2.81 bits per heavy atom. The van der Waals surface area contributed by atoms with Crippen molar-refractivity contribution >= 4 is 11.6 Å². The number of aliphatic hydroxyl groups is 2. The summed E-state index contributed by atoms with van der Waals surface area (Å²) < 4.78 is 11.7. The third-order valence-electron chi connectivity index (χ3n) is 9.39. The molecule has 0 radical (unpaired) electrons. The molecule has 0 aromatic heterocycles. The standard InChI is InChI=1S/C29H32N2O6/c1-15-3-8-21(36-2)19(11-15)30-27(34)18-13-29(35)22-12-17-6-7-20(32)25-23(17)28(29,26(37-25)24(18)33)9-10-31(22)14-16-4-5-16/h3,6-8,11,16,22,26,32-33,35H,4-5,9-10,12-14H2,1-2H3,(H,30,34)/t22-,26?,28+,29-/m1/s1. The molecule has 8 nitrogen and oxygen atoms in total. The Hall–Kier alpha value is -3.23. The summed E-state index contributed by atoms with van der Waals surface area (Å²) in [6.07, 6.45) is 2.65. The fraction of sp³-hybridized carbons (Fsp3) is 0.483. The van der Waals surface area contributed by atoms with Crippen molar-refractivity contribution in [2.45, 2.75) is 62.2 Å².